The summed E-state index contributed by atoms with van der Waals surface area (Å²) in [4.78, 5) is 19.1. The molecular weight excluding hydrogens is 328 g/mol. The van der Waals surface area contributed by atoms with E-state index < -0.39 is 0 Å². The summed E-state index contributed by atoms with van der Waals surface area (Å²) in [6.07, 6.45) is 7.48. The van der Waals surface area contributed by atoms with E-state index in [2.05, 4.69) is 31.2 Å². The van der Waals surface area contributed by atoms with Crippen LogP contribution in [0.3, 0.4) is 0 Å². The van der Waals surface area contributed by atoms with Crippen LogP contribution in [0.1, 0.15) is 5.01 Å². The number of thiazole rings is 2. The first kappa shape index (κ1) is 12.9. The molecule has 5 aromatic heterocycles. The van der Waals surface area contributed by atoms with E-state index in [1.807, 2.05) is 25.5 Å². The lowest BCUT2D eigenvalue weighted by Crippen LogP contribution is -1.87. The quantitative estimate of drug-likeness (QED) is 0.510. The van der Waals surface area contributed by atoms with E-state index in [-0.39, 0.29) is 0 Å². The highest BCUT2D eigenvalue weighted by Crippen LogP contribution is 2.37. The Morgan fingerprint density at radius 1 is 1.09 bits per heavy atom. The van der Waals surface area contributed by atoms with Gasteiger partial charge in [0, 0.05) is 35.1 Å². The van der Waals surface area contributed by atoms with Gasteiger partial charge in [-0.25, -0.2) is 9.97 Å². The van der Waals surface area contributed by atoms with Crippen molar-refractivity contribution in [2.75, 3.05) is 0 Å². The van der Waals surface area contributed by atoms with Gasteiger partial charge in [-0.2, -0.15) is 5.10 Å². The van der Waals surface area contributed by atoms with Crippen LogP contribution in [0.25, 0.3) is 42.4 Å². The maximum atomic E-state index is 4.70. The van der Waals surface area contributed by atoms with Gasteiger partial charge in [-0.15, -0.1) is 0 Å². The van der Waals surface area contributed by atoms with Crippen molar-refractivity contribution in [2.24, 2.45) is 0 Å². The molecule has 0 saturated carbocycles. The van der Waals surface area contributed by atoms with Crippen molar-refractivity contribution in [1.82, 2.24) is 30.1 Å². The first-order chi connectivity index (χ1) is 11.3. The van der Waals surface area contributed by atoms with Crippen LogP contribution in [-0.2, 0) is 0 Å². The van der Waals surface area contributed by atoms with Crippen LogP contribution in [0.4, 0.5) is 0 Å². The van der Waals surface area contributed by atoms with Gasteiger partial charge >= 0.3 is 0 Å². The number of nitrogens with one attached hydrogen (secondary N) is 2. The molecule has 8 heteroatoms. The summed E-state index contributed by atoms with van der Waals surface area (Å²) in [6.45, 7) is 2.00. The van der Waals surface area contributed by atoms with Gasteiger partial charge in [0.25, 0.3) is 0 Å². The third-order valence-electron chi connectivity index (χ3n) is 3.69. The molecule has 2 N–H and O–H groups in total. The average molecular weight is 338 g/mol. The van der Waals surface area contributed by atoms with Crippen LogP contribution in [0, 0.1) is 6.92 Å². The van der Waals surface area contributed by atoms with Crippen molar-refractivity contribution in [1.29, 1.82) is 0 Å². The summed E-state index contributed by atoms with van der Waals surface area (Å²) >= 11 is 3.19. The van der Waals surface area contributed by atoms with E-state index in [0.717, 1.165) is 47.4 Å². The fourth-order valence-corrected chi connectivity index (χ4v) is 4.62. The maximum Gasteiger partial charge on any atom is 0.155 e. The molecule has 0 aliphatic carbocycles. The monoisotopic (exact) mass is 338 g/mol. The normalized spacial score (nSPS) is 11.7. The number of H-pyrrole nitrogens is 2. The number of aromatic nitrogens is 6. The largest absolute Gasteiger partial charge is 0.359 e. The molecule has 5 aromatic rings. The lowest BCUT2D eigenvalue weighted by atomic mass is 10.1. The predicted octanol–water partition coefficient (Wildman–Crippen LogP) is 3.99. The summed E-state index contributed by atoms with van der Waals surface area (Å²) < 4.78 is 0. The minimum Gasteiger partial charge on any atom is -0.359 e. The summed E-state index contributed by atoms with van der Waals surface area (Å²) in [5, 5.41) is 9.91. The van der Waals surface area contributed by atoms with Crippen molar-refractivity contribution < 1.29 is 0 Å². The summed E-state index contributed by atoms with van der Waals surface area (Å²) in [5.41, 5.74) is 3.92. The van der Waals surface area contributed by atoms with E-state index in [0.29, 0.717) is 0 Å². The van der Waals surface area contributed by atoms with Gasteiger partial charge in [-0.3, -0.25) is 10.1 Å². The summed E-state index contributed by atoms with van der Waals surface area (Å²) in [6, 6.07) is 2.06. The third kappa shape index (κ3) is 1.92. The number of rotatable bonds is 2. The number of fused-ring (bicyclic) bond motifs is 2. The molecule has 0 aromatic carbocycles. The topological polar surface area (TPSA) is 83.1 Å². The molecule has 5 heterocycles. The van der Waals surface area contributed by atoms with Crippen LogP contribution in [0.5, 0.6) is 0 Å². The van der Waals surface area contributed by atoms with E-state index in [9.17, 15) is 0 Å². The lowest BCUT2D eigenvalue weighted by Gasteiger charge is -2.03. The number of aromatic amines is 2. The van der Waals surface area contributed by atoms with E-state index in [1.54, 1.807) is 28.9 Å². The van der Waals surface area contributed by atoms with E-state index in [4.69, 9.17) is 4.98 Å². The Labute approximate surface area is 138 Å². The standard InChI is InChI=1S/C15H10N6S2/c1-7-20-14-15(22-7)21-13(23-14)12-11-9(2-3-16-11)10(6-17-12)8-4-18-19-5-8/h2-6,16H,1H3,(H,18,19). The predicted molar refractivity (Wildman–Crippen MR) is 92.7 cm³/mol. The van der Waals surface area contributed by atoms with Gasteiger partial charge in [0.2, 0.25) is 0 Å². The average Bonchev–Trinajstić information content (AvgIpc) is 3.29. The zero-order valence-corrected chi connectivity index (χ0v) is 13.6. The van der Waals surface area contributed by atoms with E-state index >= 15 is 0 Å². The molecule has 0 aliphatic heterocycles. The van der Waals surface area contributed by atoms with Crippen molar-refractivity contribution in [2.45, 2.75) is 6.92 Å². The smallest absolute Gasteiger partial charge is 0.155 e. The lowest BCUT2D eigenvalue weighted by molar-refractivity contribution is 1.09. The number of pyridine rings is 1. The van der Waals surface area contributed by atoms with Gasteiger partial charge in [0.05, 0.1) is 16.7 Å². The highest BCUT2D eigenvalue weighted by Gasteiger charge is 2.17. The maximum absolute atomic E-state index is 4.70. The molecular formula is C15H10N6S2. The zero-order valence-electron chi connectivity index (χ0n) is 12.0. The first-order valence-corrected chi connectivity index (χ1v) is 8.62. The Morgan fingerprint density at radius 2 is 2.00 bits per heavy atom. The van der Waals surface area contributed by atoms with Crippen LogP contribution in [0.15, 0.2) is 30.9 Å². The second-order valence-electron chi connectivity index (χ2n) is 5.14. The van der Waals surface area contributed by atoms with E-state index in [1.165, 1.54) is 0 Å². The van der Waals surface area contributed by atoms with Crippen LogP contribution >= 0.6 is 22.7 Å². The molecule has 0 fully saturated rings. The minimum absolute atomic E-state index is 0.866. The Bertz CT molecular complexity index is 1100. The van der Waals surface area contributed by atoms with Crippen molar-refractivity contribution >= 4 is 43.2 Å². The molecule has 0 saturated heterocycles. The highest BCUT2D eigenvalue weighted by molar-refractivity contribution is 7.28. The van der Waals surface area contributed by atoms with Gasteiger partial charge < -0.3 is 4.98 Å². The Hall–Kier alpha value is -2.58. The van der Waals surface area contributed by atoms with Gasteiger partial charge in [0.15, 0.2) is 9.66 Å². The molecule has 0 amide bonds. The molecule has 23 heavy (non-hydrogen) atoms. The Balaban J connectivity index is 1.74. The SMILES string of the molecule is Cc1nc2sc(-c3ncc(-c4cn[nH]c4)c4cc[nH]c34)nc2s1. The number of hydrogen-bond donors (Lipinski definition) is 2. The molecule has 112 valence electrons. The molecule has 6 nitrogen and oxygen atoms in total. The van der Waals surface area contributed by atoms with Crippen molar-refractivity contribution in [3.05, 3.63) is 35.9 Å². The molecule has 0 spiro atoms. The van der Waals surface area contributed by atoms with Gasteiger partial charge in [0.1, 0.15) is 10.7 Å². The minimum atomic E-state index is 0.866. The Morgan fingerprint density at radius 3 is 2.83 bits per heavy atom. The molecule has 5 rings (SSSR count). The second-order valence-corrected chi connectivity index (χ2v) is 7.30. The molecule has 0 radical (unpaired) electrons. The summed E-state index contributed by atoms with van der Waals surface area (Å²) in [7, 11) is 0. The molecule has 0 atom stereocenters. The Kier molecular flexibility index (Phi) is 2.64. The fourth-order valence-electron chi connectivity index (χ4n) is 2.69. The fraction of sp³-hybridized carbons (Fsp3) is 0.0667. The van der Waals surface area contributed by atoms with Crippen LogP contribution in [-0.4, -0.2) is 30.1 Å². The van der Waals surface area contributed by atoms with Crippen molar-refractivity contribution in [3.63, 3.8) is 0 Å². The number of aryl methyl sites for hydroxylation is 1. The second kappa shape index (κ2) is 4.71. The van der Waals surface area contributed by atoms with Gasteiger partial charge in [-0.05, 0) is 13.0 Å². The number of nitrogens with zero attached hydrogens (tertiary/aromatic N) is 4. The number of hydrogen-bond acceptors (Lipinski definition) is 6. The van der Waals surface area contributed by atoms with Crippen LogP contribution < -0.4 is 0 Å². The molecule has 0 aliphatic rings. The van der Waals surface area contributed by atoms with Gasteiger partial charge in [-0.1, -0.05) is 22.7 Å². The van der Waals surface area contributed by atoms with Crippen molar-refractivity contribution in [3.8, 4) is 21.8 Å². The molecule has 0 unspecified atom stereocenters. The highest BCUT2D eigenvalue weighted by atomic mass is 32.1. The zero-order chi connectivity index (χ0) is 15.4. The van der Waals surface area contributed by atoms with Crippen LogP contribution in [0.2, 0.25) is 0 Å². The summed E-state index contributed by atoms with van der Waals surface area (Å²) in [5.74, 6) is 0. The first-order valence-electron chi connectivity index (χ1n) is 6.99. The third-order valence-corrected chi connectivity index (χ3v) is 5.64. The molecule has 0 bridgehead atoms.